The molecule has 26 heavy (non-hydrogen) atoms. The minimum absolute atomic E-state index is 0.163. The van der Waals surface area contributed by atoms with Gasteiger partial charge < -0.3 is 25.5 Å². The van der Waals surface area contributed by atoms with Crippen molar-refractivity contribution in [2.45, 2.75) is 20.8 Å². The largest absolute Gasteiger partial charge is 0.507 e. The van der Waals surface area contributed by atoms with Gasteiger partial charge in [-0.25, -0.2) is 0 Å². The summed E-state index contributed by atoms with van der Waals surface area (Å²) < 4.78 is 0. The third kappa shape index (κ3) is 2.67. The van der Waals surface area contributed by atoms with Crippen LogP contribution in [0, 0.1) is 20.8 Å². The first-order valence-electron chi connectivity index (χ1n) is 8.09. The molecule has 5 N–H and O–H groups in total. The Hall–Kier alpha value is -3.34. The molecule has 0 unspecified atom stereocenters. The lowest BCUT2D eigenvalue weighted by Gasteiger charge is -2.17. The van der Waals surface area contributed by atoms with Crippen molar-refractivity contribution < 1.29 is 25.5 Å². The SMILES string of the molecule is Cc1cc(-c2c(C)ccc(O)c2O)c(O)c(-c2c(C)ccc(O)c2O)c1. The van der Waals surface area contributed by atoms with Crippen LogP contribution in [0.4, 0.5) is 0 Å². The van der Waals surface area contributed by atoms with Gasteiger partial charge >= 0.3 is 0 Å². The van der Waals surface area contributed by atoms with Gasteiger partial charge in [-0.1, -0.05) is 12.1 Å². The third-order valence-corrected chi connectivity index (χ3v) is 4.52. The van der Waals surface area contributed by atoms with Crippen LogP contribution in [0.5, 0.6) is 28.7 Å². The molecular formula is C21H20O5. The van der Waals surface area contributed by atoms with E-state index in [2.05, 4.69) is 0 Å². The monoisotopic (exact) mass is 352 g/mol. The highest BCUT2D eigenvalue weighted by Crippen LogP contribution is 2.49. The van der Waals surface area contributed by atoms with Gasteiger partial charge in [-0.15, -0.1) is 0 Å². The van der Waals surface area contributed by atoms with Gasteiger partial charge in [0.05, 0.1) is 0 Å². The van der Waals surface area contributed by atoms with Crippen molar-refractivity contribution in [2.24, 2.45) is 0 Å². The molecule has 0 fully saturated rings. The Morgan fingerprint density at radius 2 is 0.923 bits per heavy atom. The quantitative estimate of drug-likeness (QED) is 0.438. The van der Waals surface area contributed by atoms with Gasteiger partial charge in [-0.3, -0.25) is 0 Å². The third-order valence-electron chi connectivity index (χ3n) is 4.52. The molecule has 0 heterocycles. The van der Waals surface area contributed by atoms with Crippen LogP contribution in [-0.4, -0.2) is 25.5 Å². The van der Waals surface area contributed by atoms with Crippen molar-refractivity contribution in [3.63, 3.8) is 0 Å². The molecule has 0 saturated heterocycles. The smallest absolute Gasteiger partial charge is 0.165 e. The van der Waals surface area contributed by atoms with Crippen LogP contribution in [0.3, 0.4) is 0 Å². The second-order valence-corrected chi connectivity index (χ2v) is 6.46. The lowest BCUT2D eigenvalue weighted by atomic mass is 9.90. The van der Waals surface area contributed by atoms with E-state index in [1.54, 1.807) is 38.1 Å². The maximum atomic E-state index is 10.9. The van der Waals surface area contributed by atoms with Crippen molar-refractivity contribution in [3.05, 3.63) is 53.1 Å². The fourth-order valence-corrected chi connectivity index (χ4v) is 3.20. The van der Waals surface area contributed by atoms with Gasteiger partial charge in [-0.05, 0) is 61.7 Å². The minimum atomic E-state index is -0.325. The Balaban J connectivity index is 2.38. The Bertz CT molecular complexity index is 943. The van der Waals surface area contributed by atoms with Crippen LogP contribution in [0.2, 0.25) is 0 Å². The van der Waals surface area contributed by atoms with Gasteiger partial charge in [0.25, 0.3) is 0 Å². The topological polar surface area (TPSA) is 101 Å². The molecule has 0 amide bonds. The second kappa shape index (κ2) is 6.19. The van der Waals surface area contributed by atoms with Crippen LogP contribution in [0.1, 0.15) is 16.7 Å². The van der Waals surface area contributed by atoms with E-state index in [4.69, 9.17) is 0 Å². The fraction of sp³-hybridized carbons (Fsp3) is 0.143. The van der Waals surface area contributed by atoms with E-state index in [0.717, 1.165) is 5.56 Å². The van der Waals surface area contributed by atoms with E-state index < -0.39 is 0 Å². The lowest BCUT2D eigenvalue weighted by Crippen LogP contribution is -1.92. The average Bonchev–Trinajstić information content (AvgIpc) is 2.59. The number of aryl methyl sites for hydroxylation is 3. The van der Waals surface area contributed by atoms with Gasteiger partial charge in [0.2, 0.25) is 0 Å². The zero-order chi connectivity index (χ0) is 19.2. The zero-order valence-corrected chi connectivity index (χ0v) is 14.7. The maximum absolute atomic E-state index is 10.9. The Labute approximate surface area is 151 Å². The normalized spacial score (nSPS) is 10.9. The molecule has 5 heteroatoms. The van der Waals surface area contributed by atoms with Crippen molar-refractivity contribution >= 4 is 0 Å². The molecule has 0 spiro atoms. The number of phenols is 5. The van der Waals surface area contributed by atoms with Crippen molar-refractivity contribution in [1.82, 2.24) is 0 Å². The van der Waals surface area contributed by atoms with E-state index in [1.807, 2.05) is 6.92 Å². The van der Waals surface area contributed by atoms with E-state index in [9.17, 15) is 25.5 Å². The summed E-state index contributed by atoms with van der Waals surface area (Å²) in [5.41, 5.74) is 3.39. The van der Waals surface area contributed by atoms with Crippen LogP contribution >= 0.6 is 0 Å². The molecule has 3 aromatic carbocycles. The molecule has 0 radical (unpaired) electrons. The number of rotatable bonds is 2. The second-order valence-electron chi connectivity index (χ2n) is 6.46. The molecule has 5 nitrogen and oxygen atoms in total. The summed E-state index contributed by atoms with van der Waals surface area (Å²) in [7, 11) is 0. The summed E-state index contributed by atoms with van der Waals surface area (Å²) >= 11 is 0. The van der Waals surface area contributed by atoms with Crippen LogP contribution < -0.4 is 0 Å². The van der Waals surface area contributed by atoms with Gasteiger partial charge in [0.15, 0.2) is 23.0 Å². The minimum Gasteiger partial charge on any atom is -0.507 e. The molecule has 134 valence electrons. The number of benzene rings is 3. The summed E-state index contributed by atoms with van der Waals surface area (Å²) in [4.78, 5) is 0. The van der Waals surface area contributed by atoms with Crippen molar-refractivity contribution in [1.29, 1.82) is 0 Å². The number of aromatic hydroxyl groups is 5. The Kier molecular flexibility index (Phi) is 4.16. The summed E-state index contributed by atoms with van der Waals surface area (Å²) in [6, 6.07) is 9.43. The standard InChI is InChI=1S/C21H20O5/c1-10-8-13(17-11(2)4-6-15(22)20(17)25)19(24)14(9-10)18-12(3)5-7-16(23)21(18)26/h4-9,22-26H,1-3H3. The van der Waals surface area contributed by atoms with E-state index in [1.165, 1.54) is 12.1 Å². The van der Waals surface area contributed by atoms with Gasteiger partial charge in [0.1, 0.15) is 5.75 Å². The number of hydrogen-bond donors (Lipinski definition) is 5. The van der Waals surface area contributed by atoms with Gasteiger partial charge in [0, 0.05) is 22.3 Å². The first kappa shape index (κ1) is 17.5. The fourth-order valence-electron chi connectivity index (χ4n) is 3.20. The predicted molar refractivity (Wildman–Crippen MR) is 99.8 cm³/mol. The van der Waals surface area contributed by atoms with Crippen molar-refractivity contribution in [3.8, 4) is 51.0 Å². The Morgan fingerprint density at radius 3 is 1.31 bits per heavy atom. The number of phenolic OH excluding ortho intramolecular Hbond substituents is 5. The first-order chi connectivity index (χ1) is 12.2. The molecule has 0 saturated carbocycles. The molecule has 0 bridgehead atoms. The average molecular weight is 352 g/mol. The zero-order valence-electron chi connectivity index (χ0n) is 14.7. The van der Waals surface area contributed by atoms with E-state index >= 15 is 0 Å². The highest BCUT2D eigenvalue weighted by atomic mass is 16.3. The molecule has 0 aliphatic heterocycles. The Morgan fingerprint density at radius 1 is 0.538 bits per heavy atom. The molecule has 0 atom stereocenters. The maximum Gasteiger partial charge on any atom is 0.165 e. The predicted octanol–water partition coefficient (Wildman–Crippen LogP) is 4.47. The molecule has 3 rings (SSSR count). The van der Waals surface area contributed by atoms with E-state index in [0.29, 0.717) is 33.4 Å². The van der Waals surface area contributed by atoms with Crippen LogP contribution in [0.15, 0.2) is 36.4 Å². The molecule has 0 aromatic heterocycles. The molecular weight excluding hydrogens is 332 g/mol. The summed E-state index contributed by atoms with van der Waals surface area (Å²) in [5.74, 6) is -1.39. The van der Waals surface area contributed by atoms with Crippen LogP contribution in [-0.2, 0) is 0 Å². The molecule has 0 aliphatic carbocycles. The van der Waals surface area contributed by atoms with Crippen LogP contribution in [0.25, 0.3) is 22.3 Å². The lowest BCUT2D eigenvalue weighted by molar-refractivity contribution is 0.404. The summed E-state index contributed by atoms with van der Waals surface area (Å²) in [6.07, 6.45) is 0. The van der Waals surface area contributed by atoms with E-state index in [-0.39, 0.29) is 28.7 Å². The highest BCUT2D eigenvalue weighted by molar-refractivity contribution is 5.90. The first-order valence-corrected chi connectivity index (χ1v) is 8.09. The number of hydrogen-bond acceptors (Lipinski definition) is 5. The highest BCUT2D eigenvalue weighted by Gasteiger charge is 2.22. The van der Waals surface area contributed by atoms with Crippen molar-refractivity contribution in [2.75, 3.05) is 0 Å². The van der Waals surface area contributed by atoms with Gasteiger partial charge in [-0.2, -0.15) is 0 Å². The summed E-state index contributed by atoms with van der Waals surface area (Å²) in [6.45, 7) is 5.33. The molecule has 0 aliphatic rings. The molecule has 3 aromatic rings. The summed E-state index contributed by atoms with van der Waals surface area (Å²) in [5, 5.41) is 51.2.